The quantitative estimate of drug-likeness (QED) is 0.313. The van der Waals surface area contributed by atoms with Gasteiger partial charge >= 0.3 is 5.63 Å². The van der Waals surface area contributed by atoms with E-state index >= 15 is 0 Å². The first kappa shape index (κ1) is 21.2. The fraction of sp³-hybridized carbons (Fsp3) is 0.545. The number of Topliss-reactive ketones (excluding diaryl/α,β-unsaturated/α-hetero) is 1. The van der Waals surface area contributed by atoms with Crippen LogP contribution in [0.3, 0.4) is 0 Å². The number of fused-ring (bicyclic) bond motifs is 1. The van der Waals surface area contributed by atoms with Crippen LogP contribution in [0.25, 0.3) is 11.0 Å². The largest absolute Gasteiger partial charge is 0.506 e. The lowest BCUT2D eigenvalue weighted by Gasteiger charge is -2.13. The summed E-state index contributed by atoms with van der Waals surface area (Å²) < 4.78 is 10.7. The fourth-order valence-corrected chi connectivity index (χ4v) is 3.13. The molecule has 1 aromatic heterocycles. The molecule has 1 unspecified atom stereocenters. The van der Waals surface area contributed by atoms with Gasteiger partial charge in [-0.25, -0.2) is 4.79 Å². The van der Waals surface area contributed by atoms with Gasteiger partial charge in [0, 0.05) is 6.61 Å². The molecule has 0 aliphatic heterocycles. The van der Waals surface area contributed by atoms with Gasteiger partial charge in [0.1, 0.15) is 23.0 Å². The third-order valence-corrected chi connectivity index (χ3v) is 4.77. The van der Waals surface area contributed by atoms with Gasteiger partial charge in [-0.1, -0.05) is 64.0 Å². The third-order valence-electron chi connectivity index (χ3n) is 4.77. The highest BCUT2D eigenvalue weighted by Gasteiger charge is 2.25. The number of carbonyl (C=O) groups excluding carboxylic acids is 1. The minimum absolute atomic E-state index is 0.254. The predicted octanol–water partition coefficient (Wildman–Crippen LogP) is 5.23. The van der Waals surface area contributed by atoms with Crippen LogP contribution >= 0.6 is 0 Å². The molecule has 0 amide bonds. The van der Waals surface area contributed by atoms with E-state index in [1.165, 1.54) is 38.5 Å². The second kappa shape index (κ2) is 10.9. The van der Waals surface area contributed by atoms with Crippen LogP contribution in [0.5, 0.6) is 5.75 Å². The van der Waals surface area contributed by atoms with E-state index in [1.807, 2.05) is 0 Å². The molecule has 0 radical (unpaired) electrons. The summed E-state index contributed by atoms with van der Waals surface area (Å²) in [5, 5.41) is 10.7. The van der Waals surface area contributed by atoms with E-state index in [1.54, 1.807) is 31.2 Å². The van der Waals surface area contributed by atoms with Crippen LogP contribution in [0.15, 0.2) is 33.5 Å². The molecule has 148 valence electrons. The highest BCUT2D eigenvalue weighted by atomic mass is 16.5. The minimum atomic E-state index is -0.835. The highest BCUT2D eigenvalue weighted by Crippen LogP contribution is 2.27. The van der Waals surface area contributed by atoms with Gasteiger partial charge in [0.05, 0.1) is 5.39 Å². The van der Waals surface area contributed by atoms with E-state index < -0.39 is 17.5 Å². The van der Waals surface area contributed by atoms with Crippen molar-refractivity contribution in [1.82, 2.24) is 0 Å². The molecule has 0 saturated heterocycles. The lowest BCUT2D eigenvalue weighted by atomic mass is 10.1. The first-order valence-corrected chi connectivity index (χ1v) is 9.96. The van der Waals surface area contributed by atoms with Crippen molar-refractivity contribution in [3.05, 3.63) is 40.2 Å². The number of carbonyl (C=O) groups is 1. The zero-order valence-electron chi connectivity index (χ0n) is 16.3. The molecular formula is C22H30O5. The molecule has 0 aliphatic carbocycles. The number of benzene rings is 1. The van der Waals surface area contributed by atoms with E-state index in [0.717, 1.165) is 12.8 Å². The summed E-state index contributed by atoms with van der Waals surface area (Å²) in [7, 11) is 0. The first-order chi connectivity index (χ1) is 13.1. The van der Waals surface area contributed by atoms with Gasteiger partial charge in [-0.3, -0.25) is 4.79 Å². The molecule has 1 aromatic carbocycles. The number of hydrogen-bond donors (Lipinski definition) is 1. The topological polar surface area (TPSA) is 76.7 Å². The molecular weight excluding hydrogens is 344 g/mol. The molecule has 1 heterocycles. The number of hydrogen-bond acceptors (Lipinski definition) is 5. The molecule has 0 fully saturated rings. The van der Waals surface area contributed by atoms with Crippen molar-refractivity contribution in [2.75, 3.05) is 6.61 Å². The Morgan fingerprint density at radius 2 is 1.70 bits per heavy atom. The minimum Gasteiger partial charge on any atom is -0.506 e. The molecule has 5 nitrogen and oxygen atoms in total. The van der Waals surface area contributed by atoms with Crippen molar-refractivity contribution in [3.63, 3.8) is 0 Å². The number of aromatic hydroxyl groups is 1. The smallest absolute Gasteiger partial charge is 0.351 e. The molecule has 0 spiro atoms. The standard InChI is InChI=1S/C22H30O5/c1-3-4-5-6-7-8-9-12-15-26-16(2)20(23)19-21(24)17-13-10-11-14-18(17)27-22(19)25/h10-11,13-14,16,24H,3-9,12,15H2,1-2H3. The van der Waals surface area contributed by atoms with E-state index in [4.69, 9.17) is 9.15 Å². The van der Waals surface area contributed by atoms with Gasteiger partial charge in [0.15, 0.2) is 0 Å². The second-order valence-electron chi connectivity index (χ2n) is 6.96. The number of unbranched alkanes of at least 4 members (excludes halogenated alkanes) is 7. The summed E-state index contributed by atoms with van der Waals surface area (Å²) in [5.74, 6) is -0.888. The summed E-state index contributed by atoms with van der Waals surface area (Å²) in [4.78, 5) is 24.7. The van der Waals surface area contributed by atoms with Crippen molar-refractivity contribution in [1.29, 1.82) is 0 Å². The summed E-state index contributed by atoms with van der Waals surface area (Å²) in [6.45, 7) is 4.27. The maximum absolute atomic E-state index is 12.6. The summed E-state index contributed by atoms with van der Waals surface area (Å²) in [6, 6.07) is 6.59. The normalized spacial score (nSPS) is 12.4. The maximum atomic E-state index is 12.6. The Labute approximate surface area is 160 Å². The van der Waals surface area contributed by atoms with Crippen molar-refractivity contribution in [3.8, 4) is 5.75 Å². The zero-order valence-corrected chi connectivity index (χ0v) is 16.3. The van der Waals surface area contributed by atoms with Crippen LogP contribution in [0.2, 0.25) is 0 Å². The zero-order chi connectivity index (χ0) is 19.6. The van der Waals surface area contributed by atoms with Crippen LogP contribution in [0.1, 0.15) is 75.6 Å². The van der Waals surface area contributed by atoms with Crippen LogP contribution in [0.4, 0.5) is 0 Å². The van der Waals surface area contributed by atoms with Crippen LogP contribution in [-0.4, -0.2) is 23.6 Å². The average molecular weight is 374 g/mol. The number of ether oxygens (including phenoxy) is 1. The van der Waals surface area contributed by atoms with Gasteiger partial charge in [-0.15, -0.1) is 0 Å². The van der Waals surface area contributed by atoms with Crippen LogP contribution in [0, 0.1) is 0 Å². The van der Waals surface area contributed by atoms with Crippen LogP contribution < -0.4 is 5.63 Å². The predicted molar refractivity (Wildman–Crippen MR) is 107 cm³/mol. The van der Waals surface area contributed by atoms with Crippen molar-refractivity contribution < 1.29 is 19.1 Å². The molecule has 2 aromatic rings. The molecule has 0 aliphatic rings. The first-order valence-electron chi connectivity index (χ1n) is 9.96. The third kappa shape index (κ3) is 5.93. The lowest BCUT2D eigenvalue weighted by Crippen LogP contribution is -2.26. The van der Waals surface area contributed by atoms with Gasteiger partial charge in [-0.2, -0.15) is 0 Å². The fourth-order valence-electron chi connectivity index (χ4n) is 3.13. The Balaban J connectivity index is 1.84. The van der Waals surface area contributed by atoms with Crippen LogP contribution in [-0.2, 0) is 4.74 Å². The molecule has 1 atom stereocenters. The summed E-state index contributed by atoms with van der Waals surface area (Å²) >= 11 is 0. The van der Waals surface area contributed by atoms with Gasteiger partial charge in [0.25, 0.3) is 0 Å². The average Bonchev–Trinajstić information content (AvgIpc) is 2.66. The van der Waals surface area contributed by atoms with E-state index in [0.29, 0.717) is 12.0 Å². The van der Waals surface area contributed by atoms with Crippen molar-refractivity contribution >= 4 is 16.8 Å². The number of ketones is 1. The van der Waals surface area contributed by atoms with E-state index in [2.05, 4.69) is 6.92 Å². The van der Waals surface area contributed by atoms with Crippen molar-refractivity contribution in [2.45, 2.75) is 71.3 Å². The van der Waals surface area contributed by atoms with E-state index in [9.17, 15) is 14.7 Å². The maximum Gasteiger partial charge on any atom is 0.351 e. The van der Waals surface area contributed by atoms with Gasteiger partial charge in [-0.05, 0) is 25.5 Å². The van der Waals surface area contributed by atoms with Gasteiger partial charge < -0.3 is 14.3 Å². The Hall–Kier alpha value is -2.14. The Morgan fingerprint density at radius 1 is 1.07 bits per heavy atom. The Morgan fingerprint density at radius 3 is 2.41 bits per heavy atom. The monoisotopic (exact) mass is 374 g/mol. The highest BCUT2D eigenvalue weighted by molar-refractivity contribution is 6.04. The summed E-state index contributed by atoms with van der Waals surface area (Å²) in [6.07, 6.45) is 8.69. The van der Waals surface area contributed by atoms with E-state index in [-0.39, 0.29) is 16.9 Å². The molecule has 27 heavy (non-hydrogen) atoms. The molecule has 0 saturated carbocycles. The SMILES string of the molecule is CCCCCCCCCCOC(C)C(=O)c1c(O)c2ccccc2oc1=O. The Kier molecular flexibility index (Phi) is 8.52. The lowest BCUT2D eigenvalue weighted by molar-refractivity contribution is 0.0458. The number of rotatable bonds is 12. The second-order valence-corrected chi connectivity index (χ2v) is 6.96. The molecule has 0 bridgehead atoms. The Bertz CT molecular complexity index is 793. The molecule has 2 rings (SSSR count). The number of para-hydroxylation sites is 1. The van der Waals surface area contributed by atoms with Gasteiger partial charge in [0.2, 0.25) is 5.78 Å². The molecule has 1 N–H and O–H groups in total. The molecule has 5 heteroatoms. The summed E-state index contributed by atoms with van der Waals surface area (Å²) in [5.41, 5.74) is -0.917. The van der Waals surface area contributed by atoms with Crippen molar-refractivity contribution in [2.24, 2.45) is 0 Å².